The molecule has 4 bridgehead atoms. The minimum absolute atomic E-state index is 0.122. The second-order valence-electron chi connectivity index (χ2n) is 11.4. The summed E-state index contributed by atoms with van der Waals surface area (Å²) in [6.45, 7) is 5.82. The summed E-state index contributed by atoms with van der Waals surface area (Å²) in [5.41, 5.74) is 2.41. The van der Waals surface area contributed by atoms with Crippen LogP contribution in [0.2, 0.25) is 0 Å². The molecule has 4 fully saturated rings. The molecule has 2 heterocycles. The number of sulfonamides is 1. The standard InChI is InChI=1S/C27H33N3O3S3/c1-16-4-6-22(7-5-16)36(32,33)29-24-23-25(35-18(3)17(2)30(23)26(31)28-24)34-9-8-27-13-19-10-20(14-27)12-21(11-19)15-27/h4-7,19-21H,8-15H2,1-3H3,(H,28,29,31). The molecule has 4 aliphatic carbocycles. The average Bonchev–Trinajstić information content (AvgIpc) is 3.11. The number of nitrogens with one attached hydrogen (secondary N) is 1. The molecule has 1 aromatic rings. The van der Waals surface area contributed by atoms with Gasteiger partial charge >= 0.3 is 5.69 Å². The molecule has 0 aromatic heterocycles. The van der Waals surface area contributed by atoms with Crippen LogP contribution in [-0.4, -0.2) is 23.7 Å². The Kier molecular flexibility index (Phi) is 6.04. The molecule has 36 heavy (non-hydrogen) atoms. The highest BCUT2D eigenvalue weighted by atomic mass is 32.2. The Morgan fingerprint density at radius 3 is 2.28 bits per heavy atom. The number of benzene rings is 1. The van der Waals surface area contributed by atoms with E-state index in [0.29, 0.717) is 11.1 Å². The summed E-state index contributed by atoms with van der Waals surface area (Å²) in [7, 11) is -3.87. The first kappa shape index (κ1) is 24.5. The summed E-state index contributed by atoms with van der Waals surface area (Å²) in [4.78, 5) is 18.3. The lowest BCUT2D eigenvalue weighted by atomic mass is 9.49. The van der Waals surface area contributed by atoms with Crippen molar-refractivity contribution in [3.63, 3.8) is 0 Å². The highest BCUT2D eigenvalue weighted by molar-refractivity contribution is 8.01. The van der Waals surface area contributed by atoms with Gasteiger partial charge in [-0.3, -0.25) is 9.29 Å². The Bertz CT molecular complexity index is 1400. The molecule has 6 nitrogen and oxygen atoms in total. The Morgan fingerprint density at radius 1 is 1.06 bits per heavy atom. The quantitative estimate of drug-likeness (QED) is 0.361. The monoisotopic (exact) mass is 543 g/mol. The fraction of sp³-hybridized carbons (Fsp3) is 0.556. The first-order chi connectivity index (χ1) is 17.1. The summed E-state index contributed by atoms with van der Waals surface area (Å²) in [6.07, 6.45) is 9.66. The zero-order valence-corrected chi connectivity index (χ0v) is 23.5. The minimum atomic E-state index is -3.87. The number of fused-ring (bicyclic) bond motifs is 1. The normalized spacial score (nSPS) is 27.1. The third-order valence-corrected chi connectivity index (χ3v) is 12.5. The third-order valence-electron chi connectivity index (χ3n) is 8.72. The fourth-order valence-electron chi connectivity index (χ4n) is 7.35. The van der Waals surface area contributed by atoms with Crippen molar-refractivity contribution in [1.29, 1.82) is 0 Å². The van der Waals surface area contributed by atoms with E-state index in [-0.39, 0.29) is 10.7 Å². The van der Waals surface area contributed by atoms with Gasteiger partial charge in [0.1, 0.15) is 5.69 Å². The van der Waals surface area contributed by atoms with Crippen LogP contribution in [-0.2, 0) is 10.0 Å². The van der Waals surface area contributed by atoms with Crippen LogP contribution >= 0.6 is 23.1 Å². The maximum atomic E-state index is 13.1. The lowest BCUT2D eigenvalue weighted by molar-refractivity contribution is -0.0538. The van der Waals surface area contributed by atoms with E-state index < -0.39 is 15.7 Å². The van der Waals surface area contributed by atoms with Crippen molar-refractivity contribution in [3.8, 4) is 5.69 Å². The number of rotatable bonds is 7. The van der Waals surface area contributed by atoms with Crippen molar-refractivity contribution in [2.45, 2.75) is 74.8 Å². The van der Waals surface area contributed by atoms with Crippen molar-refractivity contribution < 1.29 is 8.42 Å². The molecule has 0 spiro atoms. The SMILES string of the molecule is Cc1ccc(S(=O)(=O)Nc2nc(=O)n3c(C)c(C)sc(SCCC45CC6CC(CC(C6)C4)C5)c2-3)cc1. The molecule has 0 atom stereocenters. The highest BCUT2D eigenvalue weighted by Gasteiger charge is 2.50. The third kappa shape index (κ3) is 4.31. The van der Waals surface area contributed by atoms with E-state index in [4.69, 9.17) is 0 Å². The smallest absolute Gasteiger partial charge is 0.261 e. The van der Waals surface area contributed by atoms with Crippen molar-refractivity contribution >= 4 is 38.9 Å². The summed E-state index contributed by atoms with van der Waals surface area (Å²) in [5.74, 6) is 3.89. The summed E-state index contributed by atoms with van der Waals surface area (Å²) in [6, 6.07) is 6.68. The number of hydrogen-bond acceptors (Lipinski definition) is 6. The largest absolute Gasteiger partial charge is 0.354 e. The first-order valence-corrected chi connectivity index (χ1v) is 16.2. The van der Waals surface area contributed by atoms with Crippen LogP contribution in [0.4, 0.5) is 5.82 Å². The van der Waals surface area contributed by atoms with E-state index in [2.05, 4.69) is 9.71 Å². The molecule has 1 aromatic carbocycles. The number of aromatic nitrogens is 2. The van der Waals surface area contributed by atoms with E-state index in [1.807, 2.05) is 20.8 Å². The summed E-state index contributed by atoms with van der Waals surface area (Å²) < 4.78 is 31.4. The van der Waals surface area contributed by atoms with Crippen molar-refractivity contribution in [2.75, 3.05) is 10.5 Å². The molecular weight excluding hydrogens is 511 g/mol. The predicted molar refractivity (Wildman–Crippen MR) is 146 cm³/mol. The van der Waals surface area contributed by atoms with Crippen molar-refractivity contribution in [3.05, 3.63) is 50.9 Å². The van der Waals surface area contributed by atoms with Gasteiger partial charge in [0.05, 0.1) is 9.10 Å². The molecule has 9 heteroatoms. The van der Waals surface area contributed by atoms with E-state index in [9.17, 15) is 13.2 Å². The van der Waals surface area contributed by atoms with Crippen LogP contribution < -0.4 is 10.4 Å². The number of imidazole rings is 1. The van der Waals surface area contributed by atoms with Gasteiger partial charge in [0.15, 0.2) is 5.82 Å². The maximum Gasteiger partial charge on any atom is 0.354 e. The maximum absolute atomic E-state index is 13.1. The van der Waals surface area contributed by atoms with Crippen molar-refractivity contribution in [2.24, 2.45) is 23.2 Å². The molecule has 2 aliphatic heterocycles. The minimum Gasteiger partial charge on any atom is -0.261 e. The average molecular weight is 544 g/mol. The first-order valence-electron chi connectivity index (χ1n) is 12.9. The zero-order valence-electron chi connectivity index (χ0n) is 21.0. The van der Waals surface area contributed by atoms with E-state index in [1.165, 1.54) is 44.9 Å². The van der Waals surface area contributed by atoms with Crippen molar-refractivity contribution in [1.82, 2.24) is 9.55 Å². The molecule has 1 N–H and O–H groups in total. The van der Waals surface area contributed by atoms with Crippen LogP contribution in [0, 0.1) is 43.9 Å². The Hall–Kier alpha value is -1.84. The van der Waals surface area contributed by atoms with Gasteiger partial charge in [-0.15, -0.1) is 23.1 Å². The van der Waals surface area contributed by atoms with Gasteiger partial charge in [-0.2, -0.15) is 4.98 Å². The number of anilines is 1. The summed E-state index contributed by atoms with van der Waals surface area (Å²) >= 11 is 3.39. The second-order valence-corrected chi connectivity index (χ2v) is 15.7. The number of nitrogens with zero attached hydrogens (tertiary/aromatic N) is 2. The molecule has 0 amide bonds. The Balaban J connectivity index is 1.29. The number of thioether (sulfide) groups is 1. The van der Waals surface area contributed by atoms with E-state index in [1.54, 1.807) is 51.9 Å². The van der Waals surface area contributed by atoms with Crippen LogP contribution in [0.5, 0.6) is 0 Å². The lowest BCUT2D eigenvalue weighted by Crippen LogP contribution is -2.46. The molecule has 0 radical (unpaired) electrons. The van der Waals surface area contributed by atoms with Gasteiger partial charge in [-0.05, 0) is 107 Å². The molecule has 0 unspecified atom stereocenters. The molecule has 4 saturated carbocycles. The second kappa shape index (κ2) is 8.88. The van der Waals surface area contributed by atoms with Crippen LogP contribution in [0.25, 0.3) is 5.69 Å². The molecule has 0 saturated heterocycles. The summed E-state index contributed by atoms with van der Waals surface area (Å²) in [5, 5.41) is 0. The van der Waals surface area contributed by atoms with Crippen LogP contribution in [0.3, 0.4) is 0 Å². The molecule has 192 valence electrons. The molecular formula is C27H33N3O3S3. The van der Waals surface area contributed by atoms with Gasteiger partial charge in [0, 0.05) is 10.6 Å². The van der Waals surface area contributed by atoms with Gasteiger partial charge in [-0.1, -0.05) is 17.7 Å². The highest BCUT2D eigenvalue weighted by Crippen LogP contribution is 2.61. The number of hydrogen-bond donors (Lipinski definition) is 1. The van der Waals surface area contributed by atoms with Gasteiger partial charge < -0.3 is 0 Å². The molecule has 6 aliphatic rings. The zero-order chi connectivity index (χ0) is 25.2. The van der Waals surface area contributed by atoms with Crippen LogP contribution in [0.1, 0.15) is 61.1 Å². The van der Waals surface area contributed by atoms with E-state index in [0.717, 1.165) is 43.9 Å². The van der Waals surface area contributed by atoms with Crippen LogP contribution in [0.15, 0.2) is 38.2 Å². The lowest BCUT2D eigenvalue weighted by Gasteiger charge is -2.57. The Labute approximate surface area is 221 Å². The Morgan fingerprint density at radius 2 is 1.67 bits per heavy atom. The fourth-order valence-corrected chi connectivity index (χ4v) is 11.1. The topological polar surface area (TPSA) is 81.1 Å². The molecule has 7 rings (SSSR count). The number of aryl methyl sites for hydroxylation is 2. The van der Waals surface area contributed by atoms with Gasteiger partial charge in [0.25, 0.3) is 10.0 Å². The van der Waals surface area contributed by atoms with Gasteiger partial charge in [0.2, 0.25) is 0 Å². The van der Waals surface area contributed by atoms with E-state index >= 15 is 0 Å². The van der Waals surface area contributed by atoms with Gasteiger partial charge in [-0.25, -0.2) is 13.2 Å². The predicted octanol–water partition coefficient (Wildman–Crippen LogP) is 6.16.